The Hall–Kier alpha value is -0.180. The molecule has 0 aliphatic heterocycles. The Labute approximate surface area is 105 Å². The summed E-state index contributed by atoms with van der Waals surface area (Å²) in [5.74, 6) is -0.671. The first kappa shape index (κ1) is 14.8. The Morgan fingerprint density at radius 3 is 2.47 bits per heavy atom. The van der Waals surface area contributed by atoms with Crippen LogP contribution in [0.2, 0.25) is 0 Å². The second-order valence-electron chi connectivity index (χ2n) is 2.96. The van der Waals surface area contributed by atoms with Crippen molar-refractivity contribution in [2.24, 2.45) is 0 Å². The molecule has 0 rings (SSSR count). The van der Waals surface area contributed by atoms with E-state index in [-0.39, 0.29) is 0 Å². The van der Waals surface area contributed by atoms with Gasteiger partial charge in [0.05, 0.1) is 0 Å². The zero-order valence-corrected chi connectivity index (χ0v) is 10.8. The lowest BCUT2D eigenvalue weighted by atomic mass is 10.2. The van der Waals surface area contributed by atoms with Crippen LogP contribution in [0.15, 0.2) is 24.4 Å². The molecule has 0 atom stereocenters. The van der Waals surface area contributed by atoms with Gasteiger partial charge in [-0.3, -0.25) is 4.79 Å². The molecule has 0 saturated carbocycles. The van der Waals surface area contributed by atoms with Gasteiger partial charge in [0.15, 0.2) is 0 Å². The number of unbranched alkanes of at least 4 members (excludes halogenated alkanes) is 2. The average molecular weight is 271 g/mol. The van der Waals surface area contributed by atoms with Crippen molar-refractivity contribution in [2.75, 3.05) is 0 Å². The molecule has 0 aromatic rings. The highest BCUT2D eigenvalue weighted by molar-refractivity contribution is 6.76. The maximum atomic E-state index is 11.3. The molecule has 0 aromatic carbocycles. The Morgan fingerprint density at radius 2 is 2.07 bits per heavy atom. The van der Waals surface area contributed by atoms with E-state index in [4.69, 9.17) is 34.8 Å². The molecular weight excluding hydrogens is 256 g/mol. The molecule has 0 unspecified atom stereocenters. The highest BCUT2D eigenvalue weighted by Crippen LogP contribution is 2.26. The molecule has 0 aromatic heterocycles. The van der Waals surface area contributed by atoms with E-state index in [9.17, 15) is 4.79 Å². The van der Waals surface area contributed by atoms with Crippen molar-refractivity contribution < 1.29 is 4.79 Å². The van der Waals surface area contributed by atoms with E-state index in [0.29, 0.717) is 5.70 Å². The third kappa shape index (κ3) is 6.82. The standard InChI is InChI=1S/C10H14Cl3NO/c1-3-5-6-7-8(4-2)14-9(15)10(11,12)13/h4,7H,2-3,5-6H2,1H3,(H,14,15)/b8-7+. The molecule has 0 aliphatic rings. The Morgan fingerprint density at radius 1 is 1.47 bits per heavy atom. The van der Waals surface area contributed by atoms with Gasteiger partial charge in [-0.05, 0) is 18.9 Å². The van der Waals surface area contributed by atoms with Gasteiger partial charge in [0.2, 0.25) is 0 Å². The molecule has 2 nitrogen and oxygen atoms in total. The molecule has 0 radical (unpaired) electrons. The summed E-state index contributed by atoms with van der Waals surface area (Å²) in [5, 5.41) is 2.47. The van der Waals surface area contributed by atoms with E-state index in [1.807, 2.05) is 6.08 Å². The molecule has 0 fully saturated rings. The second kappa shape index (κ2) is 7.15. The van der Waals surface area contributed by atoms with E-state index in [2.05, 4.69) is 18.8 Å². The maximum absolute atomic E-state index is 11.3. The van der Waals surface area contributed by atoms with Gasteiger partial charge in [0.25, 0.3) is 9.70 Å². The first-order valence-corrected chi connectivity index (χ1v) is 5.76. The summed E-state index contributed by atoms with van der Waals surface area (Å²) in [4.78, 5) is 11.3. The van der Waals surface area contributed by atoms with Crippen LogP contribution >= 0.6 is 34.8 Å². The molecule has 86 valence electrons. The number of carbonyl (C=O) groups excluding carboxylic acids is 1. The van der Waals surface area contributed by atoms with E-state index < -0.39 is 9.70 Å². The highest BCUT2D eigenvalue weighted by Gasteiger charge is 2.30. The third-order valence-corrected chi connectivity index (χ3v) is 2.17. The number of hydrogen-bond donors (Lipinski definition) is 1. The summed E-state index contributed by atoms with van der Waals surface area (Å²) in [5.41, 5.74) is 0.569. The minimum Gasteiger partial charge on any atom is -0.323 e. The molecule has 5 heteroatoms. The van der Waals surface area contributed by atoms with Gasteiger partial charge in [0, 0.05) is 5.70 Å². The topological polar surface area (TPSA) is 29.1 Å². The zero-order chi connectivity index (χ0) is 11.9. The van der Waals surface area contributed by atoms with Crippen molar-refractivity contribution >= 4 is 40.7 Å². The molecule has 0 spiro atoms. The fourth-order valence-electron chi connectivity index (χ4n) is 0.849. The first-order chi connectivity index (χ1) is 6.91. The largest absolute Gasteiger partial charge is 0.323 e. The predicted molar refractivity (Wildman–Crippen MR) is 66.2 cm³/mol. The third-order valence-electron chi connectivity index (χ3n) is 1.66. The molecule has 0 bridgehead atoms. The van der Waals surface area contributed by atoms with Crippen molar-refractivity contribution in [3.05, 3.63) is 24.4 Å². The number of carbonyl (C=O) groups is 1. The van der Waals surface area contributed by atoms with Crippen LogP contribution in [0.4, 0.5) is 0 Å². The van der Waals surface area contributed by atoms with Gasteiger partial charge in [-0.15, -0.1) is 0 Å². The van der Waals surface area contributed by atoms with Crippen molar-refractivity contribution in [1.29, 1.82) is 0 Å². The average Bonchev–Trinajstić information content (AvgIpc) is 2.14. The van der Waals surface area contributed by atoms with Gasteiger partial charge >= 0.3 is 0 Å². The summed E-state index contributed by atoms with van der Waals surface area (Å²) in [6.45, 7) is 5.65. The molecule has 0 heterocycles. The van der Waals surface area contributed by atoms with Gasteiger partial charge in [-0.1, -0.05) is 60.8 Å². The predicted octanol–water partition coefficient (Wildman–Crippen LogP) is 3.73. The fraction of sp³-hybridized carbons (Fsp3) is 0.500. The second-order valence-corrected chi connectivity index (χ2v) is 5.24. The number of halogens is 3. The summed E-state index contributed by atoms with van der Waals surface area (Å²) < 4.78 is -1.94. The highest BCUT2D eigenvalue weighted by atomic mass is 35.6. The first-order valence-electron chi connectivity index (χ1n) is 4.62. The van der Waals surface area contributed by atoms with Crippen LogP contribution in [-0.4, -0.2) is 9.70 Å². The quantitative estimate of drug-likeness (QED) is 0.460. The number of alkyl halides is 3. The van der Waals surface area contributed by atoms with Gasteiger partial charge < -0.3 is 5.32 Å². The monoisotopic (exact) mass is 269 g/mol. The molecule has 0 saturated heterocycles. The molecule has 15 heavy (non-hydrogen) atoms. The minimum absolute atomic E-state index is 0.569. The smallest absolute Gasteiger partial charge is 0.276 e. The maximum Gasteiger partial charge on any atom is 0.276 e. The normalized spacial score (nSPS) is 12.4. The summed E-state index contributed by atoms with van der Waals surface area (Å²) >= 11 is 16.2. The summed E-state index contributed by atoms with van der Waals surface area (Å²) in [6.07, 6.45) is 6.35. The van der Waals surface area contributed by atoms with E-state index in [1.54, 1.807) is 0 Å². The van der Waals surface area contributed by atoms with Crippen LogP contribution < -0.4 is 5.32 Å². The number of nitrogens with one attached hydrogen (secondary N) is 1. The number of hydrogen-bond acceptors (Lipinski definition) is 1. The minimum atomic E-state index is -1.94. The van der Waals surface area contributed by atoms with E-state index >= 15 is 0 Å². The Balaban J connectivity index is 4.27. The van der Waals surface area contributed by atoms with Crippen molar-refractivity contribution in [3.63, 3.8) is 0 Å². The number of allylic oxidation sites excluding steroid dienone is 2. The van der Waals surface area contributed by atoms with Crippen LogP contribution in [-0.2, 0) is 4.79 Å². The van der Waals surface area contributed by atoms with E-state index in [1.165, 1.54) is 6.08 Å². The van der Waals surface area contributed by atoms with Crippen LogP contribution in [0.5, 0.6) is 0 Å². The van der Waals surface area contributed by atoms with Crippen molar-refractivity contribution in [3.8, 4) is 0 Å². The number of amides is 1. The van der Waals surface area contributed by atoms with Crippen molar-refractivity contribution in [2.45, 2.75) is 30.0 Å². The van der Waals surface area contributed by atoms with Gasteiger partial charge in [-0.25, -0.2) is 0 Å². The fourth-order valence-corrected chi connectivity index (χ4v) is 0.991. The lowest BCUT2D eigenvalue weighted by Crippen LogP contribution is -2.33. The Kier molecular flexibility index (Phi) is 7.07. The van der Waals surface area contributed by atoms with Crippen molar-refractivity contribution in [1.82, 2.24) is 5.32 Å². The molecule has 1 N–H and O–H groups in total. The van der Waals surface area contributed by atoms with Crippen LogP contribution in [0.3, 0.4) is 0 Å². The molecular formula is C10H14Cl3NO. The SMILES string of the molecule is C=C/C(=C\CCCC)NC(=O)C(Cl)(Cl)Cl. The van der Waals surface area contributed by atoms with E-state index in [0.717, 1.165) is 19.3 Å². The van der Waals surface area contributed by atoms with Gasteiger partial charge in [-0.2, -0.15) is 0 Å². The lowest BCUT2D eigenvalue weighted by Gasteiger charge is -2.11. The summed E-state index contributed by atoms with van der Waals surface area (Å²) in [7, 11) is 0. The van der Waals surface area contributed by atoms with Gasteiger partial charge in [0.1, 0.15) is 0 Å². The molecule has 0 aliphatic carbocycles. The summed E-state index contributed by atoms with van der Waals surface area (Å²) in [6, 6.07) is 0. The Bertz CT molecular complexity index is 256. The van der Waals surface area contributed by atoms with Crippen LogP contribution in [0.1, 0.15) is 26.2 Å². The lowest BCUT2D eigenvalue weighted by molar-refractivity contribution is -0.119. The molecule has 1 amide bonds. The number of rotatable bonds is 5. The zero-order valence-electron chi connectivity index (χ0n) is 8.53. The van der Waals surface area contributed by atoms with Crippen LogP contribution in [0.25, 0.3) is 0 Å². The van der Waals surface area contributed by atoms with Crippen LogP contribution in [0, 0.1) is 0 Å².